The molecule has 3 heteroatoms. The standard InChI is InChI=1S/C14H25NO2/c1-5-13(14(16)17-4)7-9-15-8-6-11(2)12(3)10-15/h7,11-12H,5-6,8-10H2,1-4H3. The third kappa shape index (κ3) is 4.15. The molecule has 1 fully saturated rings. The van der Waals surface area contributed by atoms with E-state index in [1.807, 2.05) is 13.0 Å². The maximum absolute atomic E-state index is 11.4. The van der Waals surface area contributed by atoms with Crippen molar-refractivity contribution in [2.24, 2.45) is 11.8 Å². The molecule has 0 saturated carbocycles. The Kier molecular flexibility index (Phi) is 5.69. The third-order valence-electron chi connectivity index (χ3n) is 3.84. The second-order valence-electron chi connectivity index (χ2n) is 5.08. The summed E-state index contributed by atoms with van der Waals surface area (Å²) in [7, 11) is 1.44. The van der Waals surface area contributed by atoms with E-state index in [1.54, 1.807) is 0 Å². The van der Waals surface area contributed by atoms with Gasteiger partial charge in [0, 0.05) is 18.7 Å². The molecule has 0 bridgehead atoms. The molecule has 0 N–H and O–H groups in total. The van der Waals surface area contributed by atoms with Gasteiger partial charge in [0.15, 0.2) is 0 Å². The highest BCUT2D eigenvalue weighted by Crippen LogP contribution is 2.22. The van der Waals surface area contributed by atoms with Crippen molar-refractivity contribution >= 4 is 5.97 Å². The summed E-state index contributed by atoms with van der Waals surface area (Å²) in [4.78, 5) is 13.8. The van der Waals surface area contributed by atoms with Gasteiger partial charge in [-0.05, 0) is 31.2 Å². The minimum Gasteiger partial charge on any atom is -0.466 e. The molecule has 0 aromatic carbocycles. The van der Waals surface area contributed by atoms with Crippen LogP contribution < -0.4 is 0 Å². The molecule has 0 aromatic rings. The van der Waals surface area contributed by atoms with Crippen LogP contribution in [0.25, 0.3) is 0 Å². The maximum atomic E-state index is 11.4. The molecule has 0 amide bonds. The van der Waals surface area contributed by atoms with Crippen molar-refractivity contribution in [2.45, 2.75) is 33.6 Å². The van der Waals surface area contributed by atoms with Crippen LogP contribution in [0.15, 0.2) is 11.6 Å². The topological polar surface area (TPSA) is 29.5 Å². The number of carbonyl (C=O) groups excluding carboxylic acids is 1. The van der Waals surface area contributed by atoms with Crippen LogP contribution in [0.2, 0.25) is 0 Å². The Hall–Kier alpha value is -0.830. The lowest BCUT2D eigenvalue weighted by Crippen LogP contribution is -2.38. The Morgan fingerprint density at radius 1 is 1.41 bits per heavy atom. The lowest BCUT2D eigenvalue weighted by Gasteiger charge is -2.34. The van der Waals surface area contributed by atoms with Crippen LogP contribution in [0, 0.1) is 11.8 Å². The van der Waals surface area contributed by atoms with Crippen molar-refractivity contribution in [1.29, 1.82) is 0 Å². The van der Waals surface area contributed by atoms with Crippen LogP contribution in [0.4, 0.5) is 0 Å². The number of nitrogens with zero attached hydrogens (tertiary/aromatic N) is 1. The summed E-state index contributed by atoms with van der Waals surface area (Å²) in [5.41, 5.74) is 0.791. The molecular formula is C14H25NO2. The highest BCUT2D eigenvalue weighted by atomic mass is 16.5. The van der Waals surface area contributed by atoms with E-state index < -0.39 is 0 Å². The number of likely N-dealkylation sites (tertiary alicyclic amines) is 1. The normalized spacial score (nSPS) is 26.9. The smallest absolute Gasteiger partial charge is 0.333 e. The average molecular weight is 239 g/mol. The second-order valence-corrected chi connectivity index (χ2v) is 5.08. The van der Waals surface area contributed by atoms with Gasteiger partial charge in [-0.3, -0.25) is 4.90 Å². The van der Waals surface area contributed by atoms with E-state index in [1.165, 1.54) is 13.5 Å². The highest BCUT2D eigenvalue weighted by Gasteiger charge is 2.21. The summed E-state index contributed by atoms with van der Waals surface area (Å²) < 4.78 is 4.76. The lowest BCUT2D eigenvalue weighted by atomic mass is 9.89. The summed E-state index contributed by atoms with van der Waals surface area (Å²) in [6, 6.07) is 0. The van der Waals surface area contributed by atoms with Gasteiger partial charge >= 0.3 is 5.97 Å². The van der Waals surface area contributed by atoms with Crippen LogP contribution >= 0.6 is 0 Å². The third-order valence-corrected chi connectivity index (χ3v) is 3.84. The number of methoxy groups -OCH3 is 1. The maximum Gasteiger partial charge on any atom is 0.333 e. The van der Waals surface area contributed by atoms with Crippen LogP contribution in [-0.2, 0) is 9.53 Å². The molecule has 1 aliphatic rings. The summed E-state index contributed by atoms with van der Waals surface area (Å²) in [6.45, 7) is 9.76. The average Bonchev–Trinajstić information content (AvgIpc) is 2.33. The van der Waals surface area contributed by atoms with Crippen molar-refractivity contribution in [2.75, 3.05) is 26.7 Å². The predicted octanol–water partition coefficient (Wildman–Crippen LogP) is 2.47. The summed E-state index contributed by atoms with van der Waals surface area (Å²) in [5.74, 6) is 1.38. The molecule has 2 atom stereocenters. The molecule has 0 aromatic heterocycles. The van der Waals surface area contributed by atoms with Crippen LogP contribution in [0.1, 0.15) is 33.6 Å². The second kappa shape index (κ2) is 6.80. The monoisotopic (exact) mass is 239 g/mol. The quantitative estimate of drug-likeness (QED) is 0.557. The molecule has 17 heavy (non-hydrogen) atoms. The first-order chi connectivity index (χ1) is 8.08. The molecule has 2 unspecified atom stereocenters. The van der Waals surface area contributed by atoms with Crippen LogP contribution in [0.5, 0.6) is 0 Å². The van der Waals surface area contributed by atoms with E-state index in [0.29, 0.717) is 0 Å². The van der Waals surface area contributed by atoms with E-state index in [0.717, 1.165) is 43.5 Å². The van der Waals surface area contributed by atoms with E-state index in [4.69, 9.17) is 4.74 Å². The van der Waals surface area contributed by atoms with Gasteiger partial charge in [-0.2, -0.15) is 0 Å². The molecule has 0 spiro atoms. The number of hydrogen-bond acceptors (Lipinski definition) is 3. The summed E-state index contributed by atoms with van der Waals surface area (Å²) in [5, 5.41) is 0. The number of piperidine rings is 1. The lowest BCUT2D eigenvalue weighted by molar-refractivity contribution is -0.136. The Labute approximate surface area is 105 Å². The number of ether oxygens (including phenoxy) is 1. The van der Waals surface area contributed by atoms with E-state index >= 15 is 0 Å². The van der Waals surface area contributed by atoms with Gasteiger partial charge in [-0.15, -0.1) is 0 Å². The molecule has 1 saturated heterocycles. The Bertz CT molecular complexity index is 286. The molecule has 98 valence electrons. The minimum absolute atomic E-state index is 0.189. The fraction of sp³-hybridized carbons (Fsp3) is 0.786. The molecular weight excluding hydrogens is 214 g/mol. The Morgan fingerprint density at radius 2 is 2.12 bits per heavy atom. The molecule has 0 radical (unpaired) electrons. The van der Waals surface area contributed by atoms with Crippen molar-refractivity contribution in [3.8, 4) is 0 Å². The van der Waals surface area contributed by atoms with Crippen LogP contribution in [0.3, 0.4) is 0 Å². The van der Waals surface area contributed by atoms with Crippen molar-refractivity contribution in [1.82, 2.24) is 4.90 Å². The van der Waals surface area contributed by atoms with Crippen molar-refractivity contribution < 1.29 is 9.53 Å². The fourth-order valence-corrected chi connectivity index (χ4v) is 2.26. The van der Waals surface area contributed by atoms with E-state index in [-0.39, 0.29) is 5.97 Å². The van der Waals surface area contributed by atoms with E-state index in [2.05, 4.69) is 18.7 Å². The molecule has 0 aliphatic carbocycles. The highest BCUT2D eigenvalue weighted by molar-refractivity contribution is 5.88. The number of rotatable bonds is 4. The molecule has 1 heterocycles. The predicted molar refractivity (Wildman–Crippen MR) is 69.8 cm³/mol. The SMILES string of the molecule is CCC(=CCN1CCC(C)C(C)C1)C(=O)OC. The van der Waals surface area contributed by atoms with Crippen molar-refractivity contribution in [3.63, 3.8) is 0 Å². The minimum atomic E-state index is -0.189. The van der Waals surface area contributed by atoms with Crippen molar-refractivity contribution in [3.05, 3.63) is 11.6 Å². The zero-order chi connectivity index (χ0) is 12.8. The Balaban J connectivity index is 2.48. The van der Waals surface area contributed by atoms with Gasteiger partial charge in [0.1, 0.15) is 0 Å². The van der Waals surface area contributed by atoms with Gasteiger partial charge in [-0.25, -0.2) is 4.79 Å². The van der Waals surface area contributed by atoms with Gasteiger partial charge in [0.05, 0.1) is 7.11 Å². The molecule has 3 nitrogen and oxygen atoms in total. The van der Waals surface area contributed by atoms with Gasteiger partial charge in [0.2, 0.25) is 0 Å². The summed E-state index contributed by atoms with van der Waals surface area (Å²) in [6.07, 6.45) is 4.02. The van der Waals surface area contributed by atoms with E-state index in [9.17, 15) is 4.79 Å². The van der Waals surface area contributed by atoms with Gasteiger partial charge < -0.3 is 4.74 Å². The number of hydrogen-bond donors (Lipinski definition) is 0. The molecule has 1 rings (SSSR count). The Morgan fingerprint density at radius 3 is 2.65 bits per heavy atom. The fourth-order valence-electron chi connectivity index (χ4n) is 2.26. The first kappa shape index (κ1) is 14.2. The number of carbonyl (C=O) groups is 1. The zero-order valence-electron chi connectivity index (χ0n) is 11.5. The first-order valence-corrected chi connectivity index (χ1v) is 6.58. The van der Waals surface area contributed by atoms with Gasteiger partial charge in [-0.1, -0.05) is 26.8 Å². The van der Waals surface area contributed by atoms with Gasteiger partial charge in [0.25, 0.3) is 0 Å². The first-order valence-electron chi connectivity index (χ1n) is 6.58. The number of esters is 1. The summed E-state index contributed by atoms with van der Waals surface area (Å²) >= 11 is 0. The largest absolute Gasteiger partial charge is 0.466 e. The zero-order valence-corrected chi connectivity index (χ0v) is 11.5. The van der Waals surface area contributed by atoms with Crippen LogP contribution in [-0.4, -0.2) is 37.6 Å². The molecule has 1 aliphatic heterocycles.